The molecule has 1 unspecified atom stereocenters. The zero-order valence-electron chi connectivity index (χ0n) is 16.5. The fourth-order valence-electron chi connectivity index (χ4n) is 3.51. The molecule has 1 atom stereocenters. The molecule has 1 fully saturated rings. The van der Waals surface area contributed by atoms with Gasteiger partial charge in [0.2, 0.25) is 0 Å². The minimum atomic E-state index is -0.523. The van der Waals surface area contributed by atoms with Crippen LogP contribution in [0.3, 0.4) is 0 Å². The summed E-state index contributed by atoms with van der Waals surface area (Å²) in [7, 11) is 0. The Balaban J connectivity index is 1.57. The Morgan fingerprint density at radius 3 is 2.71 bits per heavy atom. The number of aliphatic imine (C=N–C) groups is 1. The van der Waals surface area contributed by atoms with E-state index < -0.39 is 16.6 Å². The highest BCUT2D eigenvalue weighted by atomic mass is 16.6. The highest BCUT2D eigenvalue weighted by molar-refractivity contribution is 5.68. The number of nitrogens with one attached hydrogen (secondary N) is 1. The standard InChI is InChI=1S/C18H27N5O5/c1-18(2,3)28-17(24)20-13-6-4-12(5-7-13)14-10-19-8-9-22-11-15(23(25)26)21-16(22)27-14/h10-14H,4-9H2,1-3H3,(H,20,24). The van der Waals surface area contributed by atoms with Crippen LogP contribution in [-0.4, -0.2) is 51.1 Å². The number of ether oxygens (including phenoxy) is 2. The smallest absolute Gasteiger partial charge is 0.414 e. The van der Waals surface area contributed by atoms with Gasteiger partial charge in [0, 0.05) is 29.7 Å². The van der Waals surface area contributed by atoms with Crippen LogP contribution in [0, 0.1) is 16.0 Å². The van der Waals surface area contributed by atoms with E-state index in [2.05, 4.69) is 15.3 Å². The monoisotopic (exact) mass is 393 g/mol. The van der Waals surface area contributed by atoms with Crippen molar-refractivity contribution in [1.82, 2.24) is 14.9 Å². The molecule has 3 rings (SSSR count). The first-order valence-electron chi connectivity index (χ1n) is 9.59. The molecule has 1 N–H and O–H groups in total. The molecule has 1 saturated carbocycles. The molecule has 2 aliphatic rings. The van der Waals surface area contributed by atoms with E-state index >= 15 is 0 Å². The van der Waals surface area contributed by atoms with Crippen molar-refractivity contribution < 1.29 is 19.2 Å². The third-order valence-corrected chi connectivity index (χ3v) is 4.84. The molecule has 10 nitrogen and oxygen atoms in total. The molecule has 1 aromatic heterocycles. The molecule has 28 heavy (non-hydrogen) atoms. The lowest BCUT2D eigenvalue weighted by Gasteiger charge is -2.32. The molecule has 10 heteroatoms. The summed E-state index contributed by atoms with van der Waals surface area (Å²) in [6.45, 7) is 6.52. The topological polar surface area (TPSA) is 121 Å². The second-order valence-electron chi connectivity index (χ2n) is 8.23. The van der Waals surface area contributed by atoms with Crippen LogP contribution >= 0.6 is 0 Å². The zero-order valence-corrected chi connectivity index (χ0v) is 16.5. The first-order chi connectivity index (χ1) is 13.2. The van der Waals surface area contributed by atoms with Crippen molar-refractivity contribution in [1.29, 1.82) is 0 Å². The van der Waals surface area contributed by atoms with Gasteiger partial charge in [-0.2, -0.15) is 0 Å². The quantitative estimate of drug-likeness (QED) is 0.622. The molecule has 2 heterocycles. The minimum absolute atomic E-state index is 0.0691. The van der Waals surface area contributed by atoms with Crippen molar-refractivity contribution in [3.8, 4) is 6.01 Å². The molecule has 0 bridgehead atoms. The summed E-state index contributed by atoms with van der Waals surface area (Å²) in [6.07, 6.45) is 5.81. The Morgan fingerprint density at radius 1 is 1.36 bits per heavy atom. The summed E-state index contributed by atoms with van der Waals surface area (Å²) in [6, 6.07) is 0.330. The summed E-state index contributed by atoms with van der Waals surface area (Å²) in [5.41, 5.74) is -0.519. The number of hydrogen-bond acceptors (Lipinski definition) is 7. The number of imidazole rings is 1. The molecule has 1 amide bonds. The Labute approximate surface area is 163 Å². The zero-order chi connectivity index (χ0) is 20.3. The molecule has 0 aromatic carbocycles. The Morgan fingerprint density at radius 2 is 2.07 bits per heavy atom. The third kappa shape index (κ3) is 5.20. The SMILES string of the molecule is CC(C)(C)OC(=O)NC1CCC(C2C=NCCn3cc([N+](=O)[O-])nc3O2)CC1. The van der Waals surface area contributed by atoms with Crippen molar-refractivity contribution in [3.63, 3.8) is 0 Å². The molecular formula is C18H27N5O5. The van der Waals surface area contributed by atoms with E-state index in [0.717, 1.165) is 25.7 Å². The van der Waals surface area contributed by atoms with Gasteiger partial charge in [0.25, 0.3) is 0 Å². The maximum Gasteiger partial charge on any atom is 0.414 e. The number of rotatable bonds is 3. The number of amides is 1. The maximum absolute atomic E-state index is 11.9. The lowest BCUT2D eigenvalue weighted by molar-refractivity contribution is -0.389. The largest absolute Gasteiger partial charge is 0.444 e. The highest BCUT2D eigenvalue weighted by Gasteiger charge is 2.32. The van der Waals surface area contributed by atoms with Crippen LogP contribution in [0.25, 0.3) is 0 Å². The number of carbonyl (C=O) groups is 1. The maximum atomic E-state index is 11.9. The van der Waals surface area contributed by atoms with Gasteiger partial charge < -0.3 is 24.9 Å². The summed E-state index contributed by atoms with van der Waals surface area (Å²) < 4.78 is 12.9. The van der Waals surface area contributed by atoms with E-state index in [1.807, 2.05) is 20.8 Å². The number of fused-ring (bicyclic) bond motifs is 1. The van der Waals surface area contributed by atoms with E-state index in [1.165, 1.54) is 6.20 Å². The number of nitro groups is 1. The van der Waals surface area contributed by atoms with E-state index in [4.69, 9.17) is 9.47 Å². The van der Waals surface area contributed by atoms with Crippen molar-refractivity contribution >= 4 is 18.1 Å². The van der Waals surface area contributed by atoms with Gasteiger partial charge in [0.05, 0.1) is 6.54 Å². The molecule has 1 aromatic rings. The van der Waals surface area contributed by atoms with Gasteiger partial charge in [-0.1, -0.05) is 0 Å². The number of alkyl carbamates (subject to hydrolysis) is 1. The number of aromatic nitrogens is 2. The normalized spacial score (nSPS) is 25.0. The van der Waals surface area contributed by atoms with Crippen molar-refractivity contribution in [2.45, 2.75) is 70.7 Å². The van der Waals surface area contributed by atoms with E-state index in [9.17, 15) is 14.9 Å². The Bertz CT molecular complexity index is 746. The van der Waals surface area contributed by atoms with Crippen LogP contribution in [0.2, 0.25) is 0 Å². The summed E-state index contributed by atoms with van der Waals surface area (Å²) in [5.74, 6) is -0.0105. The number of hydrogen-bond donors (Lipinski definition) is 1. The lowest BCUT2D eigenvalue weighted by Crippen LogP contribution is -2.43. The van der Waals surface area contributed by atoms with Crippen LogP contribution in [-0.2, 0) is 11.3 Å². The lowest BCUT2D eigenvalue weighted by atomic mass is 9.83. The van der Waals surface area contributed by atoms with Gasteiger partial charge in [-0.25, -0.2) is 4.79 Å². The van der Waals surface area contributed by atoms with Gasteiger partial charge in [-0.05, 0) is 51.4 Å². The van der Waals surface area contributed by atoms with E-state index in [-0.39, 0.29) is 29.9 Å². The average molecular weight is 393 g/mol. The highest BCUT2D eigenvalue weighted by Crippen LogP contribution is 2.30. The summed E-state index contributed by atoms with van der Waals surface area (Å²) in [5, 5.41) is 13.9. The predicted octanol–water partition coefficient (Wildman–Crippen LogP) is 2.71. The summed E-state index contributed by atoms with van der Waals surface area (Å²) >= 11 is 0. The number of nitrogens with zero attached hydrogens (tertiary/aromatic N) is 4. The van der Waals surface area contributed by atoms with Crippen molar-refractivity contribution in [2.24, 2.45) is 10.9 Å². The van der Waals surface area contributed by atoms with E-state index in [0.29, 0.717) is 13.1 Å². The van der Waals surface area contributed by atoms with Gasteiger partial charge in [0.1, 0.15) is 17.9 Å². The van der Waals surface area contributed by atoms with Crippen molar-refractivity contribution in [3.05, 3.63) is 16.3 Å². The second-order valence-corrected chi connectivity index (χ2v) is 8.23. The molecule has 1 aliphatic carbocycles. The van der Waals surface area contributed by atoms with Crippen molar-refractivity contribution in [2.75, 3.05) is 6.54 Å². The van der Waals surface area contributed by atoms with Crippen LogP contribution in [0.5, 0.6) is 6.01 Å². The molecule has 0 spiro atoms. The minimum Gasteiger partial charge on any atom is -0.444 e. The third-order valence-electron chi connectivity index (χ3n) is 4.84. The van der Waals surface area contributed by atoms with Gasteiger partial charge in [0.15, 0.2) is 0 Å². The van der Waals surface area contributed by atoms with Crippen LogP contribution < -0.4 is 10.1 Å². The van der Waals surface area contributed by atoms with E-state index in [1.54, 1.807) is 10.8 Å². The molecule has 1 aliphatic heterocycles. The predicted molar refractivity (Wildman–Crippen MR) is 102 cm³/mol. The Kier molecular flexibility index (Phi) is 5.85. The fraction of sp³-hybridized carbons (Fsp3) is 0.722. The first kappa shape index (κ1) is 20.1. The molecular weight excluding hydrogens is 366 g/mol. The molecule has 0 saturated heterocycles. The Hall–Kier alpha value is -2.65. The summed E-state index contributed by atoms with van der Waals surface area (Å²) in [4.78, 5) is 30.8. The molecule has 0 radical (unpaired) electrons. The number of carbonyl (C=O) groups excluding carboxylic acids is 1. The molecule has 154 valence electrons. The van der Waals surface area contributed by atoms with Crippen LogP contribution in [0.1, 0.15) is 46.5 Å². The second kappa shape index (κ2) is 8.15. The van der Waals surface area contributed by atoms with Gasteiger partial charge >= 0.3 is 17.9 Å². The van der Waals surface area contributed by atoms with Gasteiger partial charge in [-0.15, -0.1) is 0 Å². The van der Waals surface area contributed by atoms with Gasteiger partial charge in [-0.3, -0.25) is 9.56 Å². The van der Waals surface area contributed by atoms with Crippen LogP contribution in [0.4, 0.5) is 10.6 Å². The van der Waals surface area contributed by atoms with Crippen LogP contribution in [0.15, 0.2) is 11.2 Å². The fourth-order valence-corrected chi connectivity index (χ4v) is 3.51. The first-order valence-corrected chi connectivity index (χ1v) is 9.59. The average Bonchev–Trinajstić information content (AvgIpc) is 2.96.